The zero-order valence-electron chi connectivity index (χ0n) is 12.0. The second-order valence-corrected chi connectivity index (χ2v) is 5.12. The molecule has 3 atom stereocenters. The van der Waals surface area contributed by atoms with E-state index in [2.05, 4.69) is 10.3 Å². The number of nitrogens with zero attached hydrogens (tertiary/aromatic N) is 2. The SMILES string of the molecule is CC(NC(=O)N(C)C1COCC1C(=O)O)c1cccnc1. The molecule has 7 heteroatoms. The molecule has 1 aromatic rings. The molecule has 3 unspecified atom stereocenters. The van der Waals surface area contributed by atoms with Crippen molar-refractivity contribution in [2.75, 3.05) is 20.3 Å². The van der Waals surface area contributed by atoms with Crippen LogP contribution in [0, 0.1) is 5.92 Å². The number of carboxylic acid groups (broad SMARTS) is 1. The number of aliphatic carboxylic acids is 1. The van der Waals surface area contributed by atoms with E-state index in [9.17, 15) is 9.59 Å². The average Bonchev–Trinajstić information content (AvgIpc) is 2.96. The van der Waals surface area contributed by atoms with Crippen LogP contribution in [0.4, 0.5) is 4.79 Å². The summed E-state index contributed by atoms with van der Waals surface area (Å²) < 4.78 is 5.18. The van der Waals surface area contributed by atoms with E-state index in [0.29, 0.717) is 0 Å². The molecule has 1 saturated heterocycles. The van der Waals surface area contributed by atoms with Crippen LogP contribution in [0.1, 0.15) is 18.5 Å². The molecule has 114 valence electrons. The predicted molar refractivity (Wildman–Crippen MR) is 74.7 cm³/mol. The van der Waals surface area contributed by atoms with Crippen molar-refractivity contribution >= 4 is 12.0 Å². The van der Waals surface area contributed by atoms with Gasteiger partial charge in [-0.1, -0.05) is 6.07 Å². The third kappa shape index (κ3) is 3.49. The molecule has 0 aliphatic carbocycles. The highest BCUT2D eigenvalue weighted by molar-refractivity contribution is 5.77. The van der Waals surface area contributed by atoms with Gasteiger partial charge in [-0.15, -0.1) is 0 Å². The second-order valence-electron chi connectivity index (χ2n) is 5.12. The fourth-order valence-electron chi connectivity index (χ4n) is 2.31. The van der Waals surface area contributed by atoms with Gasteiger partial charge in [0.2, 0.25) is 0 Å². The van der Waals surface area contributed by atoms with E-state index in [-0.39, 0.29) is 25.3 Å². The Bertz CT molecular complexity index is 508. The van der Waals surface area contributed by atoms with E-state index in [4.69, 9.17) is 9.84 Å². The molecular formula is C14H19N3O4. The van der Waals surface area contributed by atoms with Gasteiger partial charge in [0.25, 0.3) is 0 Å². The monoisotopic (exact) mass is 293 g/mol. The lowest BCUT2D eigenvalue weighted by molar-refractivity contribution is -0.142. The Hall–Kier alpha value is -2.15. The summed E-state index contributed by atoms with van der Waals surface area (Å²) in [4.78, 5) is 28.8. The van der Waals surface area contributed by atoms with Crippen LogP contribution in [0.5, 0.6) is 0 Å². The summed E-state index contributed by atoms with van der Waals surface area (Å²) in [5, 5.41) is 12.0. The van der Waals surface area contributed by atoms with E-state index in [0.717, 1.165) is 5.56 Å². The van der Waals surface area contributed by atoms with Crippen LogP contribution in [0.2, 0.25) is 0 Å². The average molecular weight is 293 g/mol. The van der Waals surface area contributed by atoms with Crippen molar-refractivity contribution < 1.29 is 19.4 Å². The largest absolute Gasteiger partial charge is 0.481 e. The first-order valence-electron chi connectivity index (χ1n) is 6.74. The number of rotatable bonds is 4. The van der Waals surface area contributed by atoms with Crippen molar-refractivity contribution in [3.05, 3.63) is 30.1 Å². The molecule has 0 bridgehead atoms. The van der Waals surface area contributed by atoms with Crippen LogP contribution < -0.4 is 5.32 Å². The van der Waals surface area contributed by atoms with E-state index >= 15 is 0 Å². The van der Waals surface area contributed by atoms with Crippen molar-refractivity contribution in [1.82, 2.24) is 15.2 Å². The number of ether oxygens (including phenoxy) is 1. The summed E-state index contributed by atoms with van der Waals surface area (Å²) in [7, 11) is 1.58. The number of aromatic nitrogens is 1. The Morgan fingerprint density at radius 2 is 2.29 bits per heavy atom. The molecule has 1 aliphatic rings. The second kappa shape index (κ2) is 6.53. The van der Waals surface area contributed by atoms with Crippen molar-refractivity contribution in [2.45, 2.75) is 19.0 Å². The summed E-state index contributed by atoms with van der Waals surface area (Å²) >= 11 is 0. The molecule has 21 heavy (non-hydrogen) atoms. The number of carboxylic acids is 1. The summed E-state index contributed by atoms with van der Waals surface area (Å²) in [6, 6.07) is 2.68. The lowest BCUT2D eigenvalue weighted by Crippen LogP contribution is -2.48. The standard InChI is InChI=1S/C14H19N3O4/c1-9(10-4-3-5-15-6-10)16-14(20)17(2)12-8-21-7-11(12)13(18)19/h3-6,9,11-12H,7-8H2,1-2H3,(H,16,20)(H,18,19). The number of amides is 2. The summed E-state index contributed by atoms with van der Waals surface area (Å²) in [5.41, 5.74) is 0.886. The van der Waals surface area contributed by atoms with Gasteiger partial charge in [-0.05, 0) is 18.6 Å². The number of carbonyl (C=O) groups excluding carboxylic acids is 1. The Labute approximate surface area is 122 Å². The Morgan fingerprint density at radius 3 is 2.90 bits per heavy atom. The van der Waals surface area contributed by atoms with Gasteiger partial charge < -0.3 is 20.1 Å². The Kier molecular flexibility index (Phi) is 4.74. The molecule has 1 aromatic heterocycles. The summed E-state index contributed by atoms with van der Waals surface area (Å²) in [6.07, 6.45) is 3.35. The molecule has 0 radical (unpaired) electrons. The highest BCUT2D eigenvalue weighted by atomic mass is 16.5. The fraction of sp³-hybridized carbons (Fsp3) is 0.500. The number of hydrogen-bond acceptors (Lipinski definition) is 4. The first-order chi connectivity index (χ1) is 10.0. The molecule has 2 heterocycles. The first-order valence-corrected chi connectivity index (χ1v) is 6.74. The van der Waals surface area contributed by atoms with Crippen LogP contribution in [0.25, 0.3) is 0 Å². The van der Waals surface area contributed by atoms with E-state index in [1.165, 1.54) is 4.90 Å². The maximum absolute atomic E-state index is 12.2. The van der Waals surface area contributed by atoms with Gasteiger partial charge in [0.1, 0.15) is 5.92 Å². The van der Waals surface area contributed by atoms with Gasteiger partial charge in [0, 0.05) is 19.4 Å². The van der Waals surface area contributed by atoms with Crippen LogP contribution in [-0.2, 0) is 9.53 Å². The van der Waals surface area contributed by atoms with E-state index in [1.54, 1.807) is 25.5 Å². The minimum atomic E-state index is -0.947. The normalized spacial score (nSPS) is 22.6. The molecule has 1 fully saturated rings. The van der Waals surface area contributed by atoms with Crippen LogP contribution in [-0.4, -0.2) is 53.3 Å². The molecule has 2 N–H and O–H groups in total. The molecule has 1 aliphatic heterocycles. The number of carbonyl (C=O) groups is 2. The maximum atomic E-state index is 12.2. The van der Waals surface area contributed by atoms with Crippen molar-refractivity contribution in [3.8, 4) is 0 Å². The third-order valence-electron chi connectivity index (χ3n) is 3.71. The van der Waals surface area contributed by atoms with Gasteiger partial charge in [-0.3, -0.25) is 9.78 Å². The van der Waals surface area contributed by atoms with Gasteiger partial charge in [0.05, 0.1) is 25.3 Å². The van der Waals surface area contributed by atoms with Crippen LogP contribution >= 0.6 is 0 Å². The maximum Gasteiger partial charge on any atom is 0.317 e. The van der Waals surface area contributed by atoms with Crippen LogP contribution in [0.3, 0.4) is 0 Å². The molecule has 2 rings (SSSR count). The molecule has 7 nitrogen and oxygen atoms in total. The summed E-state index contributed by atoms with van der Waals surface area (Å²) in [5.74, 6) is -1.63. The third-order valence-corrected chi connectivity index (χ3v) is 3.71. The predicted octanol–water partition coefficient (Wildman–Crippen LogP) is 0.884. The van der Waals surface area contributed by atoms with Gasteiger partial charge in [-0.2, -0.15) is 0 Å². The van der Waals surface area contributed by atoms with Gasteiger partial charge in [0.15, 0.2) is 0 Å². The summed E-state index contributed by atoms with van der Waals surface area (Å²) in [6.45, 7) is 2.22. The zero-order chi connectivity index (χ0) is 15.4. The molecule has 0 spiro atoms. The van der Waals surface area contributed by atoms with Crippen molar-refractivity contribution in [2.24, 2.45) is 5.92 Å². The van der Waals surface area contributed by atoms with Gasteiger partial charge >= 0.3 is 12.0 Å². The lowest BCUT2D eigenvalue weighted by Gasteiger charge is -2.28. The Morgan fingerprint density at radius 1 is 1.52 bits per heavy atom. The lowest BCUT2D eigenvalue weighted by atomic mass is 10.0. The van der Waals surface area contributed by atoms with E-state index < -0.39 is 17.9 Å². The van der Waals surface area contributed by atoms with Crippen molar-refractivity contribution in [1.29, 1.82) is 0 Å². The topological polar surface area (TPSA) is 91.8 Å². The highest BCUT2D eigenvalue weighted by Crippen LogP contribution is 2.20. The number of urea groups is 1. The molecule has 2 amide bonds. The quantitative estimate of drug-likeness (QED) is 0.860. The Balaban J connectivity index is 1.98. The smallest absolute Gasteiger partial charge is 0.317 e. The minimum Gasteiger partial charge on any atom is -0.481 e. The number of pyridine rings is 1. The van der Waals surface area contributed by atoms with Crippen LogP contribution in [0.15, 0.2) is 24.5 Å². The number of nitrogens with one attached hydrogen (secondary N) is 1. The fourth-order valence-corrected chi connectivity index (χ4v) is 2.31. The van der Waals surface area contributed by atoms with Gasteiger partial charge in [-0.25, -0.2) is 4.79 Å². The van der Waals surface area contributed by atoms with E-state index in [1.807, 2.05) is 13.0 Å². The molecular weight excluding hydrogens is 274 g/mol. The number of hydrogen-bond donors (Lipinski definition) is 2. The first kappa shape index (κ1) is 15.2. The molecule has 0 saturated carbocycles. The highest BCUT2D eigenvalue weighted by Gasteiger charge is 2.38. The molecule has 0 aromatic carbocycles. The zero-order valence-corrected chi connectivity index (χ0v) is 12.0. The minimum absolute atomic E-state index is 0.135. The van der Waals surface area contributed by atoms with Crippen molar-refractivity contribution in [3.63, 3.8) is 0 Å². The number of likely N-dealkylation sites (N-methyl/N-ethyl adjacent to an activating group) is 1.